The number of fused-ring (bicyclic) bond motifs is 3. The monoisotopic (exact) mass is 409 g/mol. The van der Waals surface area contributed by atoms with Gasteiger partial charge in [-0.05, 0) is 41.3 Å². The predicted molar refractivity (Wildman–Crippen MR) is 124 cm³/mol. The zero-order chi connectivity index (χ0) is 21.4. The molecule has 0 unspecified atom stereocenters. The molecular weight excluding hydrogens is 386 g/mol. The Morgan fingerprint density at radius 2 is 1.68 bits per heavy atom. The van der Waals surface area contributed by atoms with Crippen molar-refractivity contribution in [1.82, 2.24) is 14.3 Å². The van der Waals surface area contributed by atoms with E-state index in [0.717, 1.165) is 34.0 Å². The van der Waals surface area contributed by atoms with Crippen molar-refractivity contribution in [3.8, 4) is 5.75 Å². The Morgan fingerprint density at radius 1 is 0.871 bits per heavy atom. The average Bonchev–Trinajstić information content (AvgIpc) is 3.08. The third-order valence-corrected chi connectivity index (χ3v) is 5.78. The zero-order valence-electron chi connectivity index (χ0n) is 17.6. The van der Waals surface area contributed by atoms with Crippen LogP contribution in [-0.2, 0) is 20.0 Å². The molecule has 0 radical (unpaired) electrons. The summed E-state index contributed by atoms with van der Waals surface area (Å²) >= 11 is 0. The second kappa shape index (κ2) is 7.76. The van der Waals surface area contributed by atoms with Crippen LogP contribution in [0.2, 0.25) is 0 Å². The lowest BCUT2D eigenvalue weighted by Gasteiger charge is -2.07. The molecular formula is C26H23N3O2. The first-order chi connectivity index (χ1) is 15.1. The Morgan fingerprint density at radius 3 is 2.48 bits per heavy atom. The molecule has 5 rings (SSSR count). The predicted octanol–water partition coefficient (Wildman–Crippen LogP) is 4.54. The first kappa shape index (κ1) is 19.1. The molecule has 0 aliphatic rings. The maximum Gasteiger partial charge on any atom is 0.291 e. The molecule has 0 bridgehead atoms. The van der Waals surface area contributed by atoms with Crippen molar-refractivity contribution in [2.45, 2.75) is 13.0 Å². The Bertz CT molecular complexity index is 1450. The number of hydrogen-bond donors (Lipinski definition) is 0. The first-order valence-corrected chi connectivity index (χ1v) is 10.3. The molecule has 2 heterocycles. The van der Waals surface area contributed by atoms with E-state index in [1.807, 2.05) is 41.9 Å². The Kier molecular flexibility index (Phi) is 4.79. The molecule has 0 amide bonds. The first-order valence-electron chi connectivity index (χ1n) is 10.3. The van der Waals surface area contributed by atoms with E-state index in [0.29, 0.717) is 12.1 Å². The van der Waals surface area contributed by atoms with Crippen LogP contribution in [0.4, 0.5) is 0 Å². The van der Waals surface area contributed by atoms with Crippen LogP contribution in [0.1, 0.15) is 16.7 Å². The van der Waals surface area contributed by atoms with Gasteiger partial charge in [-0.1, -0.05) is 54.6 Å². The summed E-state index contributed by atoms with van der Waals surface area (Å²) in [5.41, 5.74) is 5.07. The minimum Gasteiger partial charge on any atom is -0.497 e. The molecule has 0 aliphatic heterocycles. The van der Waals surface area contributed by atoms with Crippen LogP contribution in [0.5, 0.6) is 5.75 Å². The molecule has 2 aromatic heterocycles. The van der Waals surface area contributed by atoms with Crippen LogP contribution in [0.25, 0.3) is 21.8 Å². The van der Waals surface area contributed by atoms with Gasteiger partial charge in [0.1, 0.15) is 11.3 Å². The molecule has 154 valence electrons. The summed E-state index contributed by atoms with van der Waals surface area (Å²) in [5.74, 6) is 0.766. The van der Waals surface area contributed by atoms with Crippen molar-refractivity contribution in [1.29, 1.82) is 0 Å². The van der Waals surface area contributed by atoms with Crippen molar-refractivity contribution in [3.05, 3.63) is 106 Å². The van der Waals surface area contributed by atoms with Gasteiger partial charge in [0.15, 0.2) is 0 Å². The molecule has 5 heteroatoms. The summed E-state index contributed by atoms with van der Waals surface area (Å²) in [4.78, 5) is 13.3. The summed E-state index contributed by atoms with van der Waals surface area (Å²) in [5, 5.41) is 6.39. The van der Waals surface area contributed by atoms with Gasteiger partial charge in [-0.25, -0.2) is 4.68 Å². The fourth-order valence-corrected chi connectivity index (χ4v) is 4.20. The smallest absolute Gasteiger partial charge is 0.291 e. The molecule has 0 saturated heterocycles. The summed E-state index contributed by atoms with van der Waals surface area (Å²) in [6, 6.07) is 24.5. The van der Waals surface area contributed by atoms with E-state index in [9.17, 15) is 4.79 Å². The third kappa shape index (κ3) is 3.48. The van der Waals surface area contributed by atoms with Crippen molar-refractivity contribution in [3.63, 3.8) is 0 Å². The number of rotatable bonds is 5. The molecule has 5 aromatic rings. The largest absolute Gasteiger partial charge is 0.497 e. The molecule has 0 saturated carbocycles. The van der Waals surface area contributed by atoms with Gasteiger partial charge in [-0.3, -0.25) is 4.79 Å². The van der Waals surface area contributed by atoms with Gasteiger partial charge >= 0.3 is 0 Å². The van der Waals surface area contributed by atoms with Crippen molar-refractivity contribution in [2.24, 2.45) is 7.05 Å². The lowest BCUT2D eigenvalue weighted by molar-refractivity contribution is 0.414. The van der Waals surface area contributed by atoms with Gasteiger partial charge in [-0.15, -0.1) is 0 Å². The van der Waals surface area contributed by atoms with Gasteiger partial charge in [-0.2, -0.15) is 5.10 Å². The molecule has 0 spiro atoms. The maximum atomic E-state index is 13.3. The van der Waals surface area contributed by atoms with Gasteiger partial charge in [0, 0.05) is 23.3 Å². The highest BCUT2D eigenvalue weighted by atomic mass is 16.5. The zero-order valence-corrected chi connectivity index (χ0v) is 17.6. The van der Waals surface area contributed by atoms with Gasteiger partial charge in [0.2, 0.25) is 0 Å². The minimum atomic E-state index is -0.0939. The van der Waals surface area contributed by atoms with Crippen molar-refractivity contribution >= 4 is 21.8 Å². The molecule has 0 N–H and O–H groups in total. The average molecular weight is 409 g/mol. The highest BCUT2D eigenvalue weighted by Gasteiger charge is 2.15. The summed E-state index contributed by atoms with van der Waals surface area (Å²) < 4.78 is 8.80. The quantitative estimate of drug-likeness (QED) is 0.428. The highest BCUT2D eigenvalue weighted by Crippen LogP contribution is 2.27. The van der Waals surface area contributed by atoms with E-state index in [1.165, 1.54) is 15.8 Å². The van der Waals surface area contributed by atoms with Crippen LogP contribution < -0.4 is 10.3 Å². The van der Waals surface area contributed by atoms with E-state index in [1.54, 1.807) is 13.3 Å². The van der Waals surface area contributed by atoms with Crippen LogP contribution in [0.3, 0.4) is 0 Å². The van der Waals surface area contributed by atoms with E-state index in [4.69, 9.17) is 4.74 Å². The number of methoxy groups -OCH3 is 1. The van der Waals surface area contributed by atoms with Gasteiger partial charge < -0.3 is 9.30 Å². The normalized spacial score (nSPS) is 11.3. The van der Waals surface area contributed by atoms with Crippen LogP contribution in [0, 0.1) is 0 Å². The van der Waals surface area contributed by atoms with E-state index < -0.39 is 0 Å². The van der Waals surface area contributed by atoms with E-state index in [2.05, 4.69) is 47.6 Å². The number of hydrogen-bond acceptors (Lipinski definition) is 3. The van der Waals surface area contributed by atoms with E-state index in [-0.39, 0.29) is 5.56 Å². The fraction of sp³-hybridized carbons (Fsp3) is 0.154. The lowest BCUT2D eigenvalue weighted by atomic mass is 10.0. The number of ether oxygens (including phenoxy) is 1. The molecule has 0 atom stereocenters. The second-order valence-corrected chi connectivity index (χ2v) is 7.79. The van der Waals surface area contributed by atoms with Crippen LogP contribution in [0.15, 0.2) is 83.8 Å². The van der Waals surface area contributed by atoms with Crippen LogP contribution >= 0.6 is 0 Å². The van der Waals surface area contributed by atoms with Gasteiger partial charge in [0.25, 0.3) is 5.56 Å². The third-order valence-electron chi connectivity index (χ3n) is 5.78. The molecule has 5 nitrogen and oxygen atoms in total. The van der Waals surface area contributed by atoms with Crippen LogP contribution in [-0.4, -0.2) is 21.5 Å². The highest BCUT2D eigenvalue weighted by molar-refractivity contribution is 6.07. The molecule has 3 aromatic carbocycles. The Labute approximate surface area is 180 Å². The summed E-state index contributed by atoms with van der Waals surface area (Å²) in [6.45, 7) is 0.396. The fourth-order valence-electron chi connectivity index (χ4n) is 4.20. The summed E-state index contributed by atoms with van der Waals surface area (Å²) in [7, 11) is 3.59. The minimum absolute atomic E-state index is 0.0939. The topological polar surface area (TPSA) is 49.0 Å². The molecule has 0 aliphatic carbocycles. The van der Waals surface area contributed by atoms with Crippen molar-refractivity contribution < 1.29 is 4.74 Å². The Hall–Kier alpha value is -3.86. The molecule has 31 heavy (non-hydrogen) atoms. The maximum absolute atomic E-state index is 13.3. The SMILES string of the molecule is COc1cccc(Cn2ncc3c4ccc(Cc5ccccc5)cc4n(C)c3c2=O)c1. The lowest BCUT2D eigenvalue weighted by Crippen LogP contribution is -2.24. The number of aryl methyl sites for hydroxylation is 1. The summed E-state index contributed by atoms with van der Waals surface area (Å²) in [6.07, 6.45) is 2.66. The number of aromatic nitrogens is 3. The standard InChI is InChI=1S/C26H23N3O2/c1-28-24-15-19(13-18-7-4-3-5-8-18)11-12-22(24)23-16-27-29(26(30)25(23)28)17-20-9-6-10-21(14-20)31-2/h3-12,14-16H,13,17H2,1-2H3. The second-order valence-electron chi connectivity index (χ2n) is 7.79. The number of nitrogens with zero attached hydrogens (tertiary/aromatic N) is 3. The van der Waals surface area contributed by atoms with E-state index >= 15 is 0 Å². The Balaban J connectivity index is 1.57. The number of benzene rings is 3. The van der Waals surface area contributed by atoms with Crippen molar-refractivity contribution in [2.75, 3.05) is 7.11 Å². The molecule has 0 fully saturated rings. The van der Waals surface area contributed by atoms with Gasteiger partial charge in [0.05, 0.1) is 19.9 Å².